The fraction of sp³-hybridized carbons (Fsp3) is 0.154. The van der Waals surface area contributed by atoms with E-state index >= 15 is 0 Å². The number of thiocarbonyl (C=S) groups is 1. The molecule has 0 fully saturated rings. The lowest BCUT2D eigenvalue weighted by molar-refractivity contribution is 0.898. The Morgan fingerprint density at radius 1 is 1.00 bits per heavy atom. The lowest BCUT2D eigenvalue weighted by atomic mass is 10.3. The molecule has 0 saturated heterocycles. The number of hydrogen-bond acceptors (Lipinski definition) is 1. The number of nitrogens with one attached hydrogen (secondary N) is 2. The van der Waals surface area contributed by atoms with Crippen LogP contribution in [0.1, 0.15) is 11.4 Å². The van der Waals surface area contributed by atoms with Crippen LogP contribution in [0.2, 0.25) is 0 Å². The van der Waals surface area contributed by atoms with Crippen LogP contribution in [0.25, 0.3) is 0 Å². The minimum absolute atomic E-state index is 0.582. The molecule has 17 heavy (non-hydrogen) atoms. The molecule has 0 spiro atoms. The summed E-state index contributed by atoms with van der Waals surface area (Å²) in [6.45, 7) is 4.07. The first-order valence-electron chi connectivity index (χ1n) is 5.45. The molecule has 4 heteroatoms. The molecule has 0 atom stereocenters. The van der Waals surface area contributed by atoms with Gasteiger partial charge >= 0.3 is 0 Å². The average molecular weight is 245 g/mol. The molecule has 1 heterocycles. The van der Waals surface area contributed by atoms with E-state index in [0.29, 0.717) is 5.11 Å². The van der Waals surface area contributed by atoms with Crippen LogP contribution in [-0.2, 0) is 0 Å². The number of nitrogens with zero attached hydrogens (tertiary/aromatic N) is 1. The molecule has 2 rings (SSSR count). The first-order chi connectivity index (χ1) is 8.16. The van der Waals surface area contributed by atoms with E-state index in [-0.39, 0.29) is 0 Å². The quantitative estimate of drug-likeness (QED) is 0.797. The van der Waals surface area contributed by atoms with Crippen molar-refractivity contribution in [2.75, 3.05) is 10.7 Å². The number of aromatic nitrogens is 1. The third kappa shape index (κ3) is 2.85. The van der Waals surface area contributed by atoms with Crippen molar-refractivity contribution in [3.8, 4) is 0 Å². The Kier molecular flexibility index (Phi) is 3.44. The minimum Gasteiger partial charge on any atom is -0.331 e. The maximum atomic E-state index is 5.26. The highest BCUT2D eigenvalue weighted by molar-refractivity contribution is 7.80. The van der Waals surface area contributed by atoms with Gasteiger partial charge in [-0.15, -0.1) is 0 Å². The molecule has 0 unspecified atom stereocenters. The topological polar surface area (TPSA) is 29.0 Å². The molecular formula is C13H15N3S. The van der Waals surface area contributed by atoms with Crippen molar-refractivity contribution in [2.45, 2.75) is 13.8 Å². The highest BCUT2D eigenvalue weighted by Gasteiger charge is 2.02. The Morgan fingerprint density at radius 2 is 1.59 bits per heavy atom. The lowest BCUT2D eigenvalue weighted by Crippen LogP contribution is -2.28. The Morgan fingerprint density at radius 3 is 2.18 bits per heavy atom. The van der Waals surface area contributed by atoms with E-state index in [4.69, 9.17) is 12.2 Å². The number of rotatable bonds is 2. The first kappa shape index (κ1) is 11.7. The zero-order valence-corrected chi connectivity index (χ0v) is 10.7. The molecule has 0 radical (unpaired) electrons. The minimum atomic E-state index is 0.582. The standard InChI is InChI=1S/C13H15N3S/c1-10-8-9-11(2)16(10)15-13(17)14-12-6-4-3-5-7-12/h3-9H,1-2H3,(H2,14,15,17). The Labute approximate surface area is 106 Å². The highest BCUT2D eigenvalue weighted by Crippen LogP contribution is 2.07. The number of para-hydroxylation sites is 1. The molecule has 3 nitrogen and oxygen atoms in total. The monoisotopic (exact) mass is 245 g/mol. The Balaban J connectivity index is 2.03. The van der Waals surface area contributed by atoms with E-state index < -0.39 is 0 Å². The third-order valence-corrected chi connectivity index (χ3v) is 2.71. The fourth-order valence-corrected chi connectivity index (χ4v) is 1.84. The summed E-state index contributed by atoms with van der Waals surface area (Å²) in [5.41, 5.74) is 6.37. The van der Waals surface area contributed by atoms with Gasteiger partial charge in [0.15, 0.2) is 5.11 Å². The van der Waals surface area contributed by atoms with Crippen molar-refractivity contribution < 1.29 is 0 Å². The van der Waals surface area contributed by atoms with Crippen LogP contribution in [0, 0.1) is 13.8 Å². The summed E-state index contributed by atoms with van der Waals surface area (Å²) in [7, 11) is 0. The van der Waals surface area contributed by atoms with Gasteiger partial charge in [-0.1, -0.05) is 18.2 Å². The SMILES string of the molecule is Cc1ccc(C)n1NC(=S)Nc1ccccc1. The Bertz CT molecular complexity index is 497. The normalized spacial score (nSPS) is 10.0. The van der Waals surface area contributed by atoms with E-state index in [1.807, 2.05) is 61.0 Å². The molecule has 0 amide bonds. The zero-order chi connectivity index (χ0) is 12.3. The predicted molar refractivity (Wildman–Crippen MR) is 75.9 cm³/mol. The third-order valence-electron chi connectivity index (χ3n) is 2.52. The van der Waals surface area contributed by atoms with E-state index in [2.05, 4.69) is 10.7 Å². The van der Waals surface area contributed by atoms with E-state index in [0.717, 1.165) is 17.1 Å². The van der Waals surface area contributed by atoms with Crippen molar-refractivity contribution in [3.05, 3.63) is 53.9 Å². The van der Waals surface area contributed by atoms with Gasteiger partial charge in [-0.05, 0) is 50.3 Å². The van der Waals surface area contributed by atoms with Crippen molar-refractivity contribution >= 4 is 23.0 Å². The molecular weight excluding hydrogens is 230 g/mol. The molecule has 88 valence electrons. The predicted octanol–water partition coefficient (Wildman–Crippen LogP) is 3.05. The zero-order valence-electron chi connectivity index (χ0n) is 9.90. The van der Waals surface area contributed by atoms with Gasteiger partial charge in [0.1, 0.15) is 0 Å². The molecule has 2 N–H and O–H groups in total. The Hall–Kier alpha value is -1.81. The summed E-state index contributed by atoms with van der Waals surface area (Å²) < 4.78 is 1.96. The van der Waals surface area contributed by atoms with E-state index in [1.165, 1.54) is 0 Å². The molecule has 2 aromatic rings. The second-order valence-electron chi connectivity index (χ2n) is 3.88. The van der Waals surface area contributed by atoms with Gasteiger partial charge in [0.2, 0.25) is 0 Å². The van der Waals surface area contributed by atoms with Crippen molar-refractivity contribution in [3.63, 3.8) is 0 Å². The van der Waals surface area contributed by atoms with Gasteiger partial charge in [0.25, 0.3) is 0 Å². The van der Waals surface area contributed by atoms with E-state index in [1.54, 1.807) is 0 Å². The molecule has 1 aromatic heterocycles. The lowest BCUT2D eigenvalue weighted by Gasteiger charge is -2.14. The fourth-order valence-electron chi connectivity index (χ4n) is 1.63. The summed E-state index contributed by atoms with van der Waals surface area (Å²) in [5.74, 6) is 0. The number of aryl methyl sites for hydroxylation is 2. The van der Waals surface area contributed by atoms with Crippen LogP contribution in [0.4, 0.5) is 5.69 Å². The molecule has 0 aliphatic rings. The summed E-state index contributed by atoms with van der Waals surface area (Å²) in [4.78, 5) is 0. The summed E-state index contributed by atoms with van der Waals surface area (Å²) >= 11 is 5.26. The first-order valence-corrected chi connectivity index (χ1v) is 5.85. The van der Waals surface area contributed by atoms with Gasteiger partial charge < -0.3 is 5.32 Å². The van der Waals surface area contributed by atoms with Crippen LogP contribution in [-0.4, -0.2) is 9.79 Å². The number of benzene rings is 1. The maximum Gasteiger partial charge on any atom is 0.190 e. The second-order valence-corrected chi connectivity index (χ2v) is 4.29. The molecule has 0 aliphatic carbocycles. The van der Waals surface area contributed by atoms with Crippen molar-refractivity contribution in [1.82, 2.24) is 4.68 Å². The maximum absolute atomic E-state index is 5.26. The van der Waals surface area contributed by atoms with Gasteiger partial charge in [-0.25, -0.2) is 0 Å². The molecule has 0 saturated carbocycles. The van der Waals surface area contributed by atoms with Crippen LogP contribution in [0.3, 0.4) is 0 Å². The van der Waals surface area contributed by atoms with Gasteiger partial charge in [-0.2, -0.15) is 0 Å². The van der Waals surface area contributed by atoms with Gasteiger partial charge in [0.05, 0.1) is 0 Å². The van der Waals surface area contributed by atoms with Crippen LogP contribution >= 0.6 is 12.2 Å². The van der Waals surface area contributed by atoms with Crippen LogP contribution in [0.15, 0.2) is 42.5 Å². The van der Waals surface area contributed by atoms with Crippen LogP contribution in [0.5, 0.6) is 0 Å². The number of anilines is 1. The second kappa shape index (κ2) is 5.01. The molecule has 0 bridgehead atoms. The number of hydrogen-bond donors (Lipinski definition) is 2. The molecule has 0 aliphatic heterocycles. The summed E-state index contributed by atoms with van der Waals surface area (Å²) in [5, 5.41) is 3.72. The summed E-state index contributed by atoms with van der Waals surface area (Å²) in [6, 6.07) is 14.0. The summed E-state index contributed by atoms with van der Waals surface area (Å²) in [6.07, 6.45) is 0. The van der Waals surface area contributed by atoms with E-state index in [9.17, 15) is 0 Å². The van der Waals surface area contributed by atoms with Gasteiger partial charge in [0, 0.05) is 17.1 Å². The largest absolute Gasteiger partial charge is 0.331 e. The highest BCUT2D eigenvalue weighted by atomic mass is 32.1. The van der Waals surface area contributed by atoms with Crippen LogP contribution < -0.4 is 10.7 Å². The molecule has 1 aromatic carbocycles. The van der Waals surface area contributed by atoms with Crippen molar-refractivity contribution in [1.29, 1.82) is 0 Å². The smallest absolute Gasteiger partial charge is 0.190 e. The van der Waals surface area contributed by atoms with Gasteiger partial charge in [-0.3, -0.25) is 10.1 Å². The van der Waals surface area contributed by atoms with Crippen molar-refractivity contribution in [2.24, 2.45) is 0 Å². The average Bonchev–Trinajstić information content (AvgIpc) is 2.62.